The van der Waals surface area contributed by atoms with Crippen LogP contribution in [0.3, 0.4) is 0 Å². The summed E-state index contributed by atoms with van der Waals surface area (Å²) in [6, 6.07) is 4.99. The Morgan fingerprint density at radius 1 is 1.15 bits per heavy atom. The van der Waals surface area contributed by atoms with Crippen LogP contribution in [0.2, 0.25) is 0 Å². The van der Waals surface area contributed by atoms with Gasteiger partial charge in [-0.15, -0.1) is 0 Å². The van der Waals surface area contributed by atoms with Gasteiger partial charge in [0.05, 0.1) is 24.1 Å². The summed E-state index contributed by atoms with van der Waals surface area (Å²) in [5.41, 5.74) is 1.13. The molecule has 2 aliphatic rings. The summed E-state index contributed by atoms with van der Waals surface area (Å²) in [6.45, 7) is 11.6. The second-order valence-corrected chi connectivity index (χ2v) is 9.86. The van der Waals surface area contributed by atoms with Gasteiger partial charge in [0.25, 0.3) is 0 Å². The zero-order valence-electron chi connectivity index (χ0n) is 17.3. The summed E-state index contributed by atoms with van der Waals surface area (Å²) < 4.78 is 9.45. The van der Waals surface area contributed by atoms with E-state index in [9.17, 15) is 0 Å². The van der Waals surface area contributed by atoms with E-state index in [0.29, 0.717) is 11.3 Å². The number of nitrogens with zero attached hydrogens (tertiary/aromatic N) is 2. The third-order valence-electron chi connectivity index (χ3n) is 5.40. The third-order valence-corrected chi connectivity index (χ3v) is 6.34. The number of morpholine rings is 1. The van der Waals surface area contributed by atoms with Crippen molar-refractivity contribution in [3.05, 3.63) is 18.3 Å². The van der Waals surface area contributed by atoms with Crippen molar-refractivity contribution in [1.29, 1.82) is 0 Å². The van der Waals surface area contributed by atoms with Gasteiger partial charge in [-0.25, -0.2) is 4.98 Å². The maximum absolute atomic E-state index is 5.81. The largest absolute Gasteiger partial charge is 0.384 e. The first-order valence-corrected chi connectivity index (χ1v) is 11.4. The minimum atomic E-state index is 0.261. The Balaban J connectivity index is 1.40. The van der Waals surface area contributed by atoms with E-state index in [1.807, 2.05) is 18.1 Å². The van der Waals surface area contributed by atoms with E-state index in [0.717, 1.165) is 37.1 Å². The summed E-state index contributed by atoms with van der Waals surface area (Å²) in [5, 5.41) is 4.25. The molecule has 0 aromatic carbocycles. The predicted octanol–water partition coefficient (Wildman–Crippen LogP) is 4.31. The van der Waals surface area contributed by atoms with Crippen LogP contribution in [0.5, 0.6) is 0 Å². The minimum absolute atomic E-state index is 0.261. The lowest BCUT2D eigenvalue weighted by atomic mass is 9.86. The van der Waals surface area contributed by atoms with Gasteiger partial charge in [-0.1, -0.05) is 25.8 Å². The number of rotatable bonds is 7. The molecule has 0 spiro atoms. The third kappa shape index (κ3) is 6.54. The maximum Gasteiger partial charge on any atom is 0.128 e. The van der Waals surface area contributed by atoms with Crippen molar-refractivity contribution < 1.29 is 4.74 Å². The van der Waals surface area contributed by atoms with Crippen molar-refractivity contribution >= 4 is 23.5 Å². The topological polar surface area (TPSA) is 49.4 Å². The lowest BCUT2D eigenvalue weighted by molar-refractivity contribution is -0.00545. The highest BCUT2D eigenvalue weighted by atomic mass is 32.2. The van der Waals surface area contributed by atoms with Gasteiger partial charge in [0, 0.05) is 30.9 Å². The fourth-order valence-corrected chi connectivity index (χ4v) is 4.72. The van der Waals surface area contributed by atoms with Crippen LogP contribution in [0, 0.1) is 5.92 Å². The zero-order chi connectivity index (χ0) is 19.2. The monoisotopic (exact) mass is 392 g/mol. The quantitative estimate of drug-likeness (QED) is 0.674. The van der Waals surface area contributed by atoms with Crippen LogP contribution in [0.4, 0.5) is 11.5 Å². The number of pyridine rings is 1. The molecule has 2 N–H and O–H groups in total. The molecule has 2 heterocycles. The second-order valence-electron chi connectivity index (χ2n) is 8.45. The molecule has 2 atom stereocenters. The molecular weight excluding hydrogens is 356 g/mol. The highest BCUT2D eigenvalue weighted by Crippen LogP contribution is 2.26. The van der Waals surface area contributed by atoms with Crippen LogP contribution < -0.4 is 14.9 Å². The Morgan fingerprint density at radius 2 is 1.85 bits per heavy atom. The molecule has 1 aliphatic carbocycles. The van der Waals surface area contributed by atoms with Crippen molar-refractivity contribution in [3.8, 4) is 0 Å². The molecule has 27 heavy (non-hydrogen) atoms. The van der Waals surface area contributed by atoms with Crippen LogP contribution in [0.25, 0.3) is 0 Å². The maximum atomic E-state index is 5.81. The molecule has 1 saturated heterocycles. The van der Waals surface area contributed by atoms with E-state index in [-0.39, 0.29) is 12.2 Å². The van der Waals surface area contributed by atoms with Gasteiger partial charge >= 0.3 is 0 Å². The van der Waals surface area contributed by atoms with E-state index in [1.54, 1.807) is 0 Å². The van der Waals surface area contributed by atoms with Crippen LogP contribution in [-0.2, 0) is 4.74 Å². The molecule has 152 valence electrons. The zero-order valence-corrected chi connectivity index (χ0v) is 18.1. The van der Waals surface area contributed by atoms with Gasteiger partial charge in [0.15, 0.2) is 0 Å². The van der Waals surface area contributed by atoms with Gasteiger partial charge in [0.2, 0.25) is 0 Å². The van der Waals surface area contributed by atoms with Crippen LogP contribution in [-0.4, -0.2) is 48.1 Å². The number of ether oxygens (including phenoxy) is 1. The van der Waals surface area contributed by atoms with Gasteiger partial charge in [-0.05, 0) is 57.6 Å². The normalized spacial score (nSPS) is 29.1. The predicted molar refractivity (Wildman–Crippen MR) is 117 cm³/mol. The summed E-state index contributed by atoms with van der Waals surface area (Å²) in [6.07, 6.45) is 7.69. The Morgan fingerprint density at radius 3 is 2.44 bits per heavy atom. The number of hydrogen-bond acceptors (Lipinski definition) is 6. The highest BCUT2D eigenvalue weighted by Gasteiger charge is 2.23. The van der Waals surface area contributed by atoms with Crippen molar-refractivity contribution in [2.24, 2.45) is 5.92 Å². The molecule has 5 nitrogen and oxygen atoms in total. The fourth-order valence-electron chi connectivity index (χ4n) is 4.02. The lowest BCUT2D eigenvalue weighted by Crippen LogP contribution is -2.45. The number of nitrogens with one attached hydrogen (secondary N) is 2. The molecule has 0 bridgehead atoms. The van der Waals surface area contributed by atoms with E-state index in [2.05, 4.69) is 59.8 Å². The Kier molecular flexibility index (Phi) is 7.67. The first-order chi connectivity index (χ1) is 13.0. The Hall–Kier alpha value is -0.980. The molecule has 0 unspecified atom stereocenters. The molecule has 0 amide bonds. The highest BCUT2D eigenvalue weighted by molar-refractivity contribution is 7.98. The number of anilines is 2. The molecule has 6 heteroatoms. The Labute approximate surface area is 169 Å². The molecule has 1 aromatic heterocycles. The van der Waals surface area contributed by atoms with E-state index in [1.165, 1.54) is 25.7 Å². The lowest BCUT2D eigenvalue weighted by Gasteiger charge is -2.36. The van der Waals surface area contributed by atoms with Crippen molar-refractivity contribution in [2.75, 3.05) is 29.9 Å². The van der Waals surface area contributed by atoms with Crippen LogP contribution in [0.1, 0.15) is 53.4 Å². The second kappa shape index (κ2) is 9.99. The van der Waals surface area contributed by atoms with Gasteiger partial charge in [-0.3, -0.25) is 4.72 Å². The summed E-state index contributed by atoms with van der Waals surface area (Å²) in [5.74, 6) is 1.82. The van der Waals surface area contributed by atoms with E-state index in [4.69, 9.17) is 4.74 Å². The first-order valence-electron chi connectivity index (χ1n) is 10.5. The molecule has 1 saturated carbocycles. The fraction of sp³-hybridized carbons (Fsp3) is 0.762. The summed E-state index contributed by atoms with van der Waals surface area (Å²) >= 11 is 1.88. The van der Waals surface area contributed by atoms with Crippen molar-refractivity contribution in [2.45, 2.75) is 76.9 Å². The minimum Gasteiger partial charge on any atom is -0.384 e. The average Bonchev–Trinajstić information content (AvgIpc) is 2.65. The summed E-state index contributed by atoms with van der Waals surface area (Å²) in [4.78, 5) is 7.01. The molecule has 1 aliphatic heterocycles. The SMILES string of the molecule is CC(C)SNC1CCC(CNc2ccc(N3C[C@@H](C)O[C@@H](C)C3)nc2)CC1. The average molecular weight is 393 g/mol. The van der Waals surface area contributed by atoms with Crippen molar-refractivity contribution in [3.63, 3.8) is 0 Å². The standard InChI is InChI=1S/C21H36N4OS/c1-15(2)27-24-19-7-5-18(6-8-19)11-22-20-9-10-21(23-12-20)25-13-16(3)26-17(4)14-25/h9-10,12,15-19,22,24H,5-8,11,13-14H2,1-4H3/t16-,17+,18?,19?. The molecule has 1 aromatic rings. The molecule has 3 rings (SSSR count). The van der Waals surface area contributed by atoms with Crippen LogP contribution >= 0.6 is 11.9 Å². The van der Waals surface area contributed by atoms with Gasteiger partial charge in [0.1, 0.15) is 5.82 Å². The van der Waals surface area contributed by atoms with Crippen molar-refractivity contribution in [1.82, 2.24) is 9.71 Å². The van der Waals surface area contributed by atoms with E-state index >= 15 is 0 Å². The Bertz CT molecular complexity index is 550. The van der Waals surface area contributed by atoms with Gasteiger partial charge in [-0.2, -0.15) is 0 Å². The number of aromatic nitrogens is 1. The smallest absolute Gasteiger partial charge is 0.128 e. The summed E-state index contributed by atoms with van der Waals surface area (Å²) in [7, 11) is 0. The number of hydrogen-bond donors (Lipinski definition) is 2. The van der Waals surface area contributed by atoms with E-state index < -0.39 is 0 Å². The first kappa shape index (κ1) is 20.7. The molecule has 2 fully saturated rings. The molecule has 0 radical (unpaired) electrons. The van der Waals surface area contributed by atoms with Crippen LogP contribution in [0.15, 0.2) is 18.3 Å². The van der Waals surface area contributed by atoms with Gasteiger partial charge < -0.3 is 15.0 Å². The molecular formula is C21H36N4OS.